The zero-order valence-electron chi connectivity index (χ0n) is 11.9. The van der Waals surface area contributed by atoms with E-state index >= 15 is 0 Å². The highest BCUT2D eigenvalue weighted by atomic mass is 35.5. The smallest absolute Gasteiger partial charge is 0.261 e. The number of nitrogens with one attached hydrogen (secondary N) is 2. The summed E-state index contributed by atoms with van der Waals surface area (Å²) in [5, 5.41) is 7.19. The maximum Gasteiger partial charge on any atom is 0.261 e. The van der Waals surface area contributed by atoms with E-state index in [1.807, 2.05) is 18.2 Å². The number of aromatic nitrogens is 1. The van der Waals surface area contributed by atoms with Crippen molar-refractivity contribution in [2.45, 2.75) is 37.4 Å². The van der Waals surface area contributed by atoms with Crippen molar-refractivity contribution in [1.29, 1.82) is 0 Å². The summed E-state index contributed by atoms with van der Waals surface area (Å²) < 4.78 is 0. The van der Waals surface area contributed by atoms with E-state index in [4.69, 9.17) is 11.6 Å². The summed E-state index contributed by atoms with van der Waals surface area (Å²) in [6, 6.07) is 8.84. The van der Waals surface area contributed by atoms with Crippen LogP contribution in [-0.2, 0) is 0 Å². The maximum absolute atomic E-state index is 12.4. The maximum atomic E-state index is 12.4. The standard InChI is InChI=1S/C16H16ClN3OS/c17-15-6-1-9(8-18-15)13-4-5-14(22-13)16(21)20-12-7-10-2-3-11(12)19-10/h1,4-6,8,10-12,19H,2-3,7H2,(H,20,21)/t10-,11?,12-/m1/s1. The van der Waals surface area contributed by atoms with Crippen LogP contribution in [0.5, 0.6) is 0 Å². The van der Waals surface area contributed by atoms with E-state index in [2.05, 4.69) is 15.6 Å². The average Bonchev–Trinajstić information content (AvgIpc) is 3.24. The first-order chi connectivity index (χ1) is 10.7. The lowest BCUT2D eigenvalue weighted by molar-refractivity contribution is 0.0935. The fraction of sp³-hybridized carbons (Fsp3) is 0.375. The number of fused-ring (bicyclic) bond motifs is 2. The van der Waals surface area contributed by atoms with Crippen LogP contribution < -0.4 is 10.6 Å². The number of carbonyl (C=O) groups excluding carboxylic acids is 1. The Morgan fingerprint density at radius 3 is 2.91 bits per heavy atom. The fourth-order valence-corrected chi connectivity index (χ4v) is 4.37. The van der Waals surface area contributed by atoms with Crippen LogP contribution >= 0.6 is 22.9 Å². The number of thiophene rings is 1. The first-order valence-corrected chi connectivity index (χ1v) is 8.67. The number of carbonyl (C=O) groups is 1. The molecule has 2 fully saturated rings. The summed E-state index contributed by atoms with van der Waals surface area (Å²) in [5.74, 6) is 0.0255. The molecule has 114 valence electrons. The first kappa shape index (κ1) is 14.2. The van der Waals surface area contributed by atoms with Gasteiger partial charge in [0.15, 0.2) is 0 Å². The van der Waals surface area contributed by atoms with Crippen molar-refractivity contribution in [2.24, 2.45) is 0 Å². The molecule has 0 radical (unpaired) electrons. The Balaban J connectivity index is 1.46. The first-order valence-electron chi connectivity index (χ1n) is 7.48. The molecule has 1 unspecified atom stereocenters. The van der Waals surface area contributed by atoms with Gasteiger partial charge in [-0.1, -0.05) is 11.6 Å². The second-order valence-corrected chi connectivity index (χ2v) is 7.37. The van der Waals surface area contributed by atoms with Gasteiger partial charge in [0.2, 0.25) is 0 Å². The predicted molar refractivity (Wildman–Crippen MR) is 88.4 cm³/mol. The molecule has 2 aromatic heterocycles. The third-order valence-corrected chi connectivity index (χ3v) is 5.81. The zero-order chi connectivity index (χ0) is 15.1. The van der Waals surface area contributed by atoms with Gasteiger partial charge in [-0.25, -0.2) is 4.98 Å². The second kappa shape index (κ2) is 5.65. The molecule has 2 aliphatic rings. The van der Waals surface area contributed by atoms with Crippen LogP contribution in [-0.4, -0.2) is 29.0 Å². The molecule has 0 saturated carbocycles. The zero-order valence-corrected chi connectivity index (χ0v) is 13.5. The highest BCUT2D eigenvalue weighted by Gasteiger charge is 2.39. The largest absolute Gasteiger partial charge is 0.347 e. The summed E-state index contributed by atoms with van der Waals surface area (Å²) in [7, 11) is 0. The van der Waals surface area contributed by atoms with Gasteiger partial charge in [-0.15, -0.1) is 11.3 Å². The molecular weight excluding hydrogens is 318 g/mol. The van der Waals surface area contributed by atoms with Crippen LogP contribution in [0.25, 0.3) is 10.4 Å². The van der Waals surface area contributed by atoms with Crippen LogP contribution in [0.3, 0.4) is 0 Å². The van der Waals surface area contributed by atoms with E-state index < -0.39 is 0 Å². The molecule has 0 spiro atoms. The highest BCUT2D eigenvalue weighted by molar-refractivity contribution is 7.17. The molecular formula is C16H16ClN3OS. The van der Waals surface area contributed by atoms with Crippen LogP contribution in [0.2, 0.25) is 5.15 Å². The molecule has 0 aliphatic carbocycles. The van der Waals surface area contributed by atoms with Crippen LogP contribution in [0.1, 0.15) is 28.9 Å². The van der Waals surface area contributed by atoms with Crippen molar-refractivity contribution in [3.8, 4) is 10.4 Å². The van der Waals surface area contributed by atoms with Crippen LogP contribution in [0.15, 0.2) is 30.5 Å². The van der Waals surface area contributed by atoms with Gasteiger partial charge < -0.3 is 10.6 Å². The van der Waals surface area contributed by atoms with Crippen LogP contribution in [0, 0.1) is 0 Å². The Morgan fingerprint density at radius 1 is 1.32 bits per heavy atom. The molecule has 6 heteroatoms. The lowest BCUT2D eigenvalue weighted by Gasteiger charge is -2.20. The van der Waals surface area contributed by atoms with Crippen molar-refractivity contribution < 1.29 is 4.79 Å². The molecule has 2 aliphatic heterocycles. The molecule has 4 rings (SSSR count). The van der Waals surface area contributed by atoms with E-state index in [9.17, 15) is 4.79 Å². The minimum Gasteiger partial charge on any atom is -0.347 e. The molecule has 2 saturated heterocycles. The van der Waals surface area contributed by atoms with Gasteiger partial charge in [-0.05, 0) is 43.5 Å². The third kappa shape index (κ3) is 2.64. The van der Waals surface area contributed by atoms with Gasteiger partial charge in [0.25, 0.3) is 5.91 Å². The summed E-state index contributed by atoms with van der Waals surface area (Å²) in [6.07, 6.45) is 5.19. The van der Waals surface area contributed by atoms with Crippen molar-refractivity contribution in [2.75, 3.05) is 0 Å². The van der Waals surface area contributed by atoms with E-state index in [0.717, 1.165) is 21.7 Å². The van der Waals surface area contributed by atoms with Crippen molar-refractivity contribution >= 4 is 28.8 Å². The molecule has 22 heavy (non-hydrogen) atoms. The number of pyridine rings is 1. The van der Waals surface area contributed by atoms with Gasteiger partial charge in [-0.2, -0.15) is 0 Å². The molecule has 4 heterocycles. The van der Waals surface area contributed by atoms with E-state index in [-0.39, 0.29) is 11.9 Å². The Morgan fingerprint density at radius 2 is 2.23 bits per heavy atom. The number of halogens is 1. The minimum absolute atomic E-state index is 0.0255. The van der Waals surface area contributed by atoms with Gasteiger partial charge >= 0.3 is 0 Å². The van der Waals surface area contributed by atoms with E-state index in [1.165, 1.54) is 24.2 Å². The SMILES string of the molecule is O=C(N[C@@H]1C[C@H]2CCC1N2)c1ccc(-c2ccc(Cl)nc2)s1. The number of nitrogens with zero attached hydrogens (tertiary/aromatic N) is 1. The summed E-state index contributed by atoms with van der Waals surface area (Å²) in [5.41, 5.74) is 0.982. The summed E-state index contributed by atoms with van der Waals surface area (Å²) in [6.45, 7) is 0. The molecule has 3 atom stereocenters. The van der Waals surface area contributed by atoms with Crippen molar-refractivity contribution in [3.63, 3.8) is 0 Å². The summed E-state index contributed by atoms with van der Waals surface area (Å²) in [4.78, 5) is 18.3. The average molecular weight is 334 g/mol. The molecule has 0 aromatic carbocycles. The van der Waals surface area contributed by atoms with Crippen molar-refractivity contribution in [3.05, 3.63) is 40.5 Å². The van der Waals surface area contributed by atoms with Crippen LogP contribution in [0.4, 0.5) is 0 Å². The summed E-state index contributed by atoms with van der Waals surface area (Å²) >= 11 is 7.29. The normalized spacial score (nSPS) is 26.3. The Kier molecular flexibility index (Phi) is 3.64. The number of hydrogen-bond acceptors (Lipinski definition) is 4. The molecule has 2 N–H and O–H groups in total. The monoisotopic (exact) mass is 333 g/mol. The number of hydrogen-bond donors (Lipinski definition) is 2. The molecule has 4 nitrogen and oxygen atoms in total. The quantitative estimate of drug-likeness (QED) is 0.849. The topological polar surface area (TPSA) is 54.0 Å². The highest BCUT2D eigenvalue weighted by Crippen LogP contribution is 2.30. The minimum atomic E-state index is 0.0255. The van der Waals surface area contributed by atoms with Crippen molar-refractivity contribution in [1.82, 2.24) is 15.6 Å². The molecule has 2 bridgehead atoms. The third-order valence-electron chi connectivity index (χ3n) is 4.46. The van der Waals surface area contributed by atoms with E-state index in [1.54, 1.807) is 12.3 Å². The predicted octanol–water partition coefficient (Wildman–Crippen LogP) is 3.09. The number of amides is 1. The lowest BCUT2D eigenvalue weighted by atomic mass is 9.95. The Bertz CT molecular complexity index is 700. The Labute approximate surface area is 137 Å². The molecule has 1 amide bonds. The van der Waals surface area contributed by atoms with Gasteiger partial charge in [0, 0.05) is 34.8 Å². The Hall–Kier alpha value is -1.43. The van der Waals surface area contributed by atoms with Gasteiger partial charge in [0.05, 0.1) is 4.88 Å². The van der Waals surface area contributed by atoms with Gasteiger partial charge in [0.1, 0.15) is 5.15 Å². The molecule has 2 aromatic rings. The van der Waals surface area contributed by atoms with E-state index in [0.29, 0.717) is 17.2 Å². The second-order valence-electron chi connectivity index (χ2n) is 5.90. The van der Waals surface area contributed by atoms with Gasteiger partial charge in [-0.3, -0.25) is 4.79 Å². The number of rotatable bonds is 3. The lowest BCUT2D eigenvalue weighted by Crippen LogP contribution is -2.42. The fourth-order valence-electron chi connectivity index (χ4n) is 3.36.